The Balaban J connectivity index is 2.56. The van der Waals surface area contributed by atoms with E-state index in [0.29, 0.717) is 0 Å². The summed E-state index contributed by atoms with van der Waals surface area (Å²) in [7, 11) is 0. The summed E-state index contributed by atoms with van der Waals surface area (Å²) in [6.07, 6.45) is 2.54. The van der Waals surface area contributed by atoms with E-state index in [4.69, 9.17) is 0 Å². The highest BCUT2D eigenvalue weighted by Crippen LogP contribution is 2.50. The third kappa shape index (κ3) is 1.53. The van der Waals surface area contributed by atoms with Crippen LogP contribution in [0.25, 0.3) is 0 Å². The van der Waals surface area contributed by atoms with Crippen LogP contribution in [0.3, 0.4) is 0 Å². The lowest BCUT2D eigenvalue weighted by Crippen LogP contribution is -2.21. The van der Waals surface area contributed by atoms with Gasteiger partial charge in [-0.25, -0.2) is 0 Å². The molecular weight excluding hydrogens is 200 g/mol. The molecule has 86 valence electrons. The SMILES string of the molecule is CCc1cc(C)c(C)c(C2(C(=O)O)CC2)c1. The Morgan fingerprint density at radius 3 is 2.44 bits per heavy atom. The molecule has 0 atom stereocenters. The molecule has 0 amide bonds. The van der Waals surface area contributed by atoms with Gasteiger partial charge in [0.15, 0.2) is 0 Å². The summed E-state index contributed by atoms with van der Waals surface area (Å²) >= 11 is 0. The van der Waals surface area contributed by atoms with Gasteiger partial charge in [-0.15, -0.1) is 0 Å². The van der Waals surface area contributed by atoms with Gasteiger partial charge in [0.2, 0.25) is 0 Å². The van der Waals surface area contributed by atoms with Gasteiger partial charge in [-0.2, -0.15) is 0 Å². The minimum absolute atomic E-state index is 0.569. The predicted octanol–water partition coefficient (Wildman–Crippen LogP) is 2.98. The average molecular weight is 218 g/mol. The maximum atomic E-state index is 11.3. The van der Waals surface area contributed by atoms with Crippen LogP contribution in [0.4, 0.5) is 0 Å². The van der Waals surface area contributed by atoms with E-state index in [0.717, 1.165) is 30.4 Å². The number of aryl methyl sites for hydroxylation is 2. The molecule has 0 unspecified atom stereocenters. The van der Waals surface area contributed by atoms with Gasteiger partial charge in [-0.3, -0.25) is 4.79 Å². The summed E-state index contributed by atoms with van der Waals surface area (Å²) in [4.78, 5) is 11.3. The van der Waals surface area contributed by atoms with Crippen LogP contribution in [-0.4, -0.2) is 11.1 Å². The first-order valence-corrected chi connectivity index (χ1v) is 5.85. The zero-order valence-corrected chi connectivity index (χ0v) is 10.1. The van der Waals surface area contributed by atoms with Crippen molar-refractivity contribution in [2.75, 3.05) is 0 Å². The molecule has 0 saturated heterocycles. The summed E-state index contributed by atoms with van der Waals surface area (Å²) in [6.45, 7) is 6.21. The lowest BCUT2D eigenvalue weighted by Gasteiger charge is -2.17. The topological polar surface area (TPSA) is 37.3 Å². The molecule has 2 rings (SSSR count). The first-order valence-electron chi connectivity index (χ1n) is 5.85. The van der Waals surface area contributed by atoms with Gasteiger partial charge < -0.3 is 5.11 Å². The molecule has 0 radical (unpaired) electrons. The summed E-state index contributed by atoms with van der Waals surface area (Å²) in [6, 6.07) is 4.25. The van der Waals surface area contributed by atoms with E-state index in [1.54, 1.807) is 0 Å². The monoisotopic (exact) mass is 218 g/mol. The molecule has 0 spiro atoms. The van der Waals surface area contributed by atoms with E-state index in [-0.39, 0.29) is 0 Å². The average Bonchev–Trinajstić information content (AvgIpc) is 3.02. The quantitative estimate of drug-likeness (QED) is 0.846. The Hall–Kier alpha value is -1.31. The normalized spacial score (nSPS) is 17.2. The largest absolute Gasteiger partial charge is 0.481 e. The van der Waals surface area contributed by atoms with Gasteiger partial charge in [-0.05, 0) is 55.4 Å². The predicted molar refractivity (Wildman–Crippen MR) is 63.8 cm³/mol. The first-order chi connectivity index (χ1) is 7.51. The fraction of sp³-hybridized carbons (Fsp3) is 0.500. The Bertz CT molecular complexity index is 442. The Kier molecular flexibility index (Phi) is 2.53. The number of rotatable bonds is 3. The molecular formula is C14H18O2. The maximum absolute atomic E-state index is 11.3. The van der Waals surface area contributed by atoms with E-state index in [1.807, 2.05) is 6.92 Å². The molecule has 0 aliphatic heterocycles. The summed E-state index contributed by atoms with van der Waals surface area (Å²) in [5, 5.41) is 9.34. The molecule has 1 fully saturated rings. The van der Waals surface area contributed by atoms with E-state index >= 15 is 0 Å². The zero-order valence-electron chi connectivity index (χ0n) is 10.1. The highest BCUT2D eigenvalue weighted by Gasteiger charge is 2.52. The lowest BCUT2D eigenvalue weighted by atomic mass is 9.87. The summed E-state index contributed by atoms with van der Waals surface area (Å²) < 4.78 is 0. The van der Waals surface area contributed by atoms with E-state index in [2.05, 4.69) is 26.0 Å². The van der Waals surface area contributed by atoms with Crippen molar-refractivity contribution < 1.29 is 9.90 Å². The second kappa shape index (κ2) is 3.62. The van der Waals surface area contributed by atoms with Crippen LogP contribution in [-0.2, 0) is 16.6 Å². The van der Waals surface area contributed by atoms with Crippen LogP contribution in [0, 0.1) is 13.8 Å². The van der Waals surface area contributed by atoms with Crippen molar-refractivity contribution in [3.8, 4) is 0 Å². The lowest BCUT2D eigenvalue weighted by molar-refractivity contribution is -0.140. The minimum atomic E-state index is -0.664. The first kappa shape index (κ1) is 11.2. The summed E-state index contributed by atoms with van der Waals surface area (Å²) in [5.74, 6) is -0.664. The molecule has 2 heteroatoms. The van der Waals surface area contributed by atoms with Crippen molar-refractivity contribution in [1.82, 2.24) is 0 Å². The van der Waals surface area contributed by atoms with Crippen molar-refractivity contribution in [1.29, 1.82) is 0 Å². The fourth-order valence-electron chi connectivity index (χ4n) is 2.36. The van der Waals surface area contributed by atoms with Crippen molar-refractivity contribution >= 4 is 5.97 Å². The molecule has 1 saturated carbocycles. The Morgan fingerprint density at radius 2 is 2.00 bits per heavy atom. The number of aliphatic carboxylic acids is 1. The van der Waals surface area contributed by atoms with Gasteiger partial charge in [0.05, 0.1) is 5.41 Å². The minimum Gasteiger partial charge on any atom is -0.481 e. The maximum Gasteiger partial charge on any atom is 0.314 e. The Morgan fingerprint density at radius 1 is 1.38 bits per heavy atom. The standard InChI is InChI=1S/C14H18O2/c1-4-11-7-9(2)10(3)12(8-11)14(5-6-14)13(15)16/h7-8H,4-6H2,1-3H3,(H,15,16). The molecule has 0 aromatic heterocycles. The van der Waals surface area contributed by atoms with Crippen LogP contribution in [0.2, 0.25) is 0 Å². The molecule has 1 aliphatic rings. The van der Waals surface area contributed by atoms with Gasteiger partial charge in [0.25, 0.3) is 0 Å². The molecule has 1 N–H and O–H groups in total. The molecule has 2 nitrogen and oxygen atoms in total. The molecule has 0 bridgehead atoms. The van der Waals surface area contributed by atoms with Crippen LogP contribution < -0.4 is 0 Å². The number of carboxylic acids is 1. The van der Waals surface area contributed by atoms with Crippen LogP contribution in [0.15, 0.2) is 12.1 Å². The fourth-order valence-corrected chi connectivity index (χ4v) is 2.36. The third-order valence-corrected chi connectivity index (χ3v) is 3.81. The molecule has 0 heterocycles. The van der Waals surface area contributed by atoms with Gasteiger partial charge >= 0.3 is 5.97 Å². The highest BCUT2D eigenvalue weighted by atomic mass is 16.4. The number of hydrogen-bond acceptors (Lipinski definition) is 1. The van der Waals surface area contributed by atoms with Crippen molar-refractivity contribution in [2.24, 2.45) is 0 Å². The molecule has 1 aliphatic carbocycles. The van der Waals surface area contributed by atoms with Gasteiger partial charge in [0, 0.05) is 0 Å². The number of benzene rings is 1. The van der Waals surface area contributed by atoms with Crippen molar-refractivity contribution in [3.05, 3.63) is 34.4 Å². The van der Waals surface area contributed by atoms with E-state index in [9.17, 15) is 9.90 Å². The smallest absolute Gasteiger partial charge is 0.314 e. The van der Waals surface area contributed by atoms with Crippen LogP contribution >= 0.6 is 0 Å². The highest BCUT2D eigenvalue weighted by molar-refractivity contribution is 5.85. The van der Waals surface area contributed by atoms with E-state index in [1.165, 1.54) is 11.1 Å². The molecule has 16 heavy (non-hydrogen) atoms. The number of hydrogen-bond donors (Lipinski definition) is 1. The number of carbonyl (C=O) groups is 1. The number of carboxylic acid groups (broad SMARTS) is 1. The Labute approximate surface area is 96.3 Å². The zero-order chi connectivity index (χ0) is 11.9. The van der Waals surface area contributed by atoms with Crippen molar-refractivity contribution in [2.45, 2.75) is 45.4 Å². The van der Waals surface area contributed by atoms with Gasteiger partial charge in [0.1, 0.15) is 0 Å². The van der Waals surface area contributed by atoms with E-state index < -0.39 is 11.4 Å². The second-order valence-corrected chi connectivity index (χ2v) is 4.83. The van der Waals surface area contributed by atoms with Crippen molar-refractivity contribution in [3.63, 3.8) is 0 Å². The van der Waals surface area contributed by atoms with Crippen LogP contribution in [0.5, 0.6) is 0 Å². The van der Waals surface area contributed by atoms with Crippen LogP contribution in [0.1, 0.15) is 42.0 Å². The third-order valence-electron chi connectivity index (χ3n) is 3.81. The molecule has 1 aromatic carbocycles. The summed E-state index contributed by atoms with van der Waals surface area (Å²) in [5.41, 5.74) is 4.07. The molecule has 1 aromatic rings. The second-order valence-electron chi connectivity index (χ2n) is 4.83. The van der Waals surface area contributed by atoms with Gasteiger partial charge in [-0.1, -0.05) is 19.1 Å².